The minimum Gasteiger partial charge on any atom is -0.328 e. The molecular weight excluding hydrogens is 246 g/mol. The lowest BCUT2D eigenvalue weighted by atomic mass is 9.97. The van der Waals surface area contributed by atoms with Crippen molar-refractivity contribution in [2.45, 2.75) is 38.6 Å². The van der Waals surface area contributed by atoms with Gasteiger partial charge in [0.2, 0.25) is 0 Å². The third-order valence-electron chi connectivity index (χ3n) is 4.40. The van der Waals surface area contributed by atoms with Gasteiger partial charge in [0.25, 0.3) is 0 Å². The summed E-state index contributed by atoms with van der Waals surface area (Å²) >= 11 is 0. The molecule has 0 unspecified atom stereocenters. The van der Waals surface area contributed by atoms with Crippen LogP contribution >= 0.6 is 0 Å². The molecule has 2 rings (SSSR count). The van der Waals surface area contributed by atoms with Crippen molar-refractivity contribution >= 4 is 0 Å². The molecule has 0 aromatic carbocycles. The van der Waals surface area contributed by atoms with Crippen molar-refractivity contribution in [2.75, 3.05) is 39.3 Å². The van der Waals surface area contributed by atoms with Crippen LogP contribution in [0.1, 0.15) is 32.6 Å². The summed E-state index contributed by atoms with van der Waals surface area (Å²) in [6.45, 7) is 8.78. The van der Waals surface area contributed by atoms with E-state index in [2.05, 4.69) is 40.4 Å². The normalized spacial score (nSPS) is 22.7. The van der Waals surface area contributed by atoms with Gasteiger partial charge in [0.05, 0.1) is 6.54 Å². The average Bonchev–Trinajstić information content (AvgIpc) is 2.49. The Labute approximate surface area is 123 Å². The molecule has 20 heavy (non-hydrogen) atoms. The van der Waals surface area contributed by atoms with Crippen molar-refractivity contribution < 1.29 is 0 Å². The smallest absolute Gasteiger partial charge is 0.0611 e. The second-order valence-corrected chi connectivity index (χ2v) is 5.89. The highest BCUT2D eigenvalue weighted by Crippen LogP contribution is 2.15. The molecule has 0 radical (unpaired) electrons. The number of piperidine rings is 2. The fraction of sp³-hybridized carbons (Fsp3) is 0.765. The van der Waals surface area contributed by atoms with Crippen molar-refractivity contribution in [3.05, 3.63) is 0 Å². The van der Waals surface area contributed by atoms with Crippen molar-refractivity contribution in [1.82, 2.24) is 9.80 Å². The number of likely N-dealkylation sites (tertiary alicyclic amines) is 2. The summed E-state index contributed by atoms with van der Waals surface area (Å²) in [6, 6.07) is 0.396. The highest BCUT2D eigenvalue weighted by atomic mass is 15.1. The summed E-state index contributed by atoms with van der Waals surface area (Å²) in [5.74, 6) is 13.1. The van der Waals surface area contributed by atoms with Crippen LogP contribution in [0.15, 0.2) is 0 Å². The Morgan fingerprint density at radius 3 is 2.25 bits per heavy atom. The molecule has 2 saturated heterocycles. The van der Waals surface area contributed by atoms with Gasteiger partial charge in [-0.3, -0.25) is 4.90 Å². The number of hydrogen-bond donors (Lipinski definition) is 1. The van der Waals surface area contributed by atoms with Gasteiger partial charge in [-0.1, -0.05) is 18.8 Å². The van der Waals surface area contributed by atoms with Gasteiger partial charge in [0, 0.05) is 25.0 Å². The van der Waals surface area contributed by atoms with Gasteiger partial charge < -0.3 is 10.6 Å². The zero-order valence-corrected chi connectivity index (χ0v) is 12.7. The lowest BCUT2D eigenvalue weighted by Crippen LogP contribution is -2.39. The molecule has 0 saturated carbocycles. The first-order valence-corrected chi connectivity index (χ1v) is 7.96. The second-order valence-electron chi connectivity index (χ2n) is 5.89. The van der Waals surface area contributed by atoms with Gasteiger partial charge in [-0.2, -0.15) is 0 Å². The van der Waals surface area contributed by atoms with Crippen LogP contribution in [0.25, 0.3) is 0 Å². The Balaban J connectivity index is 1.66. The molecule has 2 aliphatic heterocycles. The van der Waals surface area contributed by atoms with E-state index >= 15 is 0 Å². The first kappa shape index (κ1) is 15.4. The van der Waals surface area contributed by atoms with Crippen LogP contribution in [0.2, 0.25) is 0 Å². The molecule has 110 valence electrons. The van der Waals surface area contributed by atoms with E-state index in [0.29, 0.717) is 12.0 Å². The van der Waals surface area contributed by atoms with E-state index in [0.717, 1.165) is 32.5 Å². The molecule has 3 nitrogen and oxygen atoms in total. The Bertz CT molecular complexity index is 393. The first-order valence-electron chi connectivity index (χ1n) is 7.96. The monoisotopic (exact) mass is 273 g/mol. The standard InChI is InChI=1S/C17H27N3/c1-2-19-12-7-16(8-13-19)6-4-3-5-11-20-14-9-17(18)10-15-20/h16-17H,2,7-15,18H2,1H3. The molecule has 0 spiro atoms. The summed E-state index contributed by atoms with van der Waals surface area (Å²) in [7, 11) is 0. The number of hydrogen-bond acceptors (Lipinski definition) is 3. The maximum atomic E-state index is 5.89. The van der Waals surface area contributed by atoms with Gasteiger partial charge in [-0.05, 0) is 57.2 Å². The number of nitrogens with two attached hydrogens (primary N) is 1. The lowest BCUT2D eigenvalue weighted by Gasteiger charge is -2.28. The van der Waals surface area contributed by atoms with Crippen LogP contribution in [0.3, 0.4) is 0 Å². The van der Waals surface area contributed by atoms with Crippen LogP contribution in [0.4, 0.5) is 0 Å². The molecule has 0 aliphatic carbocycles. The van der Waals surface area contributed by atoms with Gasteiger partial charge >= 0.3 is 0 Å². The van der Waals surface area contributed by atoms with E-state index in [-0.39, 0.29) is 0 Å². The van der Waals surface area contributed by atoms with E-state index in [9.17, 15) is 0 Å². The van der Waals surface area contributed by atoms with E-state index in [1.54, 1.807) is 0 Å². The van der Waals surface area contributed by atoms with E-state index < -0.39 is 0 Å². The summed E-state index contributed by atoms with van der Waals surface area (Å²) in [5.41, 5.74) is 5.89. The quantitative estimate of drug-likeness (QED) is 0.766. The van der Waals surface area contributed by atoms with Crippen molar-refractivity contribution in [3.63, 3.8) is 0 Å². The zero-order valence-electron chi connectivity index (χ0n) is 12.7. The van der Waals surface area contributed by atoms with Crippen LogP contribution in [0, 0.1) is 29.6 Å². The Hall–Kier alpha value is -1.00. The summed E-state index contributed by atoms with van der Waals surface area (Å²) in [6.07, 6.45) is 4.60. The molecule has 0 amide bonds. The topological polar surface area (TPSA) is 32.5 Å². The molecule has 2 fully saturated rings. The Kier molecular flexibility index (Phi) is 6.40. The summed E-state index contributed by atoms with van der Waals surface area (Å²) in [5, 5.41) is 0. The Morgan fingerprint density at radius 1 is 0.950 bits per heavy atom. The van der Waals surface area contributed by atoms with E-state index in [1.165, 1.54) is 32.5 Å². The van der Waals surface area contributed by atoms with Crippen LogP contribution < -0.4 is 5.73 Å². The van der Waals surface area contributed by atoms with Gasteiger partial charge in [0.15, 0.2) is 0 Å². The third kappa shape index (κ3) is 5.17. The molecule has 2 N–H and O–H groups in total. The predicted molar refractivity (Wildman–Crippen MR) is 84.0 cm³/mol. The number of nitrogens with zero attached hydrogens (tertiary/aromatic N) is 2. The molecule has 2 heterocycles. The maximum Gasteiger partial charge on any atom is 0.0611 e. The van der Waals surface area contributed by atoms with Crippen LogP contribution in [-0.4, -0.2) is 55.1 Å². The molecule has 0 bridgehead atoms. The molecule has 0 atom stereocenters. The highest BCUT2D eigenvalue weighted by molar-refractivity contribution is 5.27. The zero-order chi connectivity index (χ0) is 14.2. The van der Waals surface area contributed by atoms with Crippen molar-refractivity contribution in [2.24, 2.45) is 11.7 Å². The SMILES string of the molecule is CCN1CCC(C#CC#CCN2CCC(N)CC2)CC1. The minimum atomic E-state index is 0.396. The van der Waals surface area contributed by atoms with Crippen LogP contribution in [-0.2, 0) is 0 Å². The van der Waals surface area contributed by atoms with E-state index in [4.69, 9.17) is 5.73 Å². The van der Waals surface area contributed by atoms with Gasteiger partial charge in [-0.25, -0.2) is 0 Å². The molecule has 2 aliphatic rings. The van der Waals surface area contributed by atoms with Gasteiger partial charge in [-0.15, -0.1) is 0 Å². The van der Waals surface area contributed by atoms with Gasteiger partial charge in [0.1, 0.15) is 0 Å². The summed E-state index contributed by atoms with van der Waals surface area (Å²) in [4.78, 5) is 4.86. The van der Waals surface area contributed by atoms with Crippen LogP contribution in [0.5, 0.6) is 0 Å². The minimum absolute atomic E-state index is 0.396. The summed E-state index contributed by atoms with van der Waals surface area (Å²) < 4.78 is 0. The molecule has 3 heteroatoms. The predicted octanol–water partition coefficient (Wildman–Crippen LogP) is 1.15. The fourth-order valence-corrected chi connectivity index (χ4v) is 2.84. The van der Waals surface area contributed by atoms with E-state index in [1.807, 2.05) is 0 Å². The molecular formula is C17H27N3. The maximum absolute atomic E-state index is 5.89. The molecule has 0 aromatic heterocycles. The largest absolute Gasteiger partial charge is 0.328 e. The first-order chi connectivity index (χ1) is 9.78. The average molecular weight is 273 g/mol. The highest BCUT2D eigenvalue weighted by Gasteiger charge is 2.15. The van der Waals surface area contributed by atoms with Crippen molar-refractivity contribution in [1.29, 1.82) is 0 Å². The second kappa shape index (κ2) is 8.32. The van der Waals surface area contributed by atoms with Crippen molar-refractivity contribution in [3.8, 4) is 23.7 Å². The number of rotatable bonds is 2. The fourth-order valence-electron chi connectivity index (χ4n) is 2.84. The third-order valence-corrected chi connectivity index (χ3v) is 4.40. The lowest BCUT2D eigenvalue weighted by molar-refractivity contribution is 0.216. The Morgan fingerprint density at radius 2 is 1.60 bits per heavy atom. The molecule has 0 aromatic rings.